The van der Waals surface area contributed by atoms with Crippen LogP contribution in [0.25, 0.3) is 11.1 Å². The Morgan fingerprint density at radius 3 is 2.41 bits per heavy atom. The lowest BCUT2D eigenvalue weighted by atomic mass is 9.94. The molecular formula is C20H24FO5P. The van der Waals surface area contributed by atoms with Crippen molar-refractivity contribution in [2.75, 3.05) is 6.16 Å². The van der Waals surface area contributed by atoms with Crippen LogP contribution in [0.15, 0.2) is 30.3 Å². The van der Waals surface area contributed by atoms with E-state index in [1.54, 1.807) is 19.1 Å². The molecule has 0 spiro atoms. The van der Waals surface area contributed by atoms with Crippen LogP contribution in [0.5, 0.6) is 0 Å². The summed E-state index contributed by atoms with van der Waals surface area (Å²) in [6, 6.07) is 8.45. The second-order valence-corrected chi connectivity index (χ2v) is 9.38. The van der Waals surface area contributed by atoms with Gasteiger partial charge in [-0.2, -0.15) is 0 Å². The van der Waals surface area contributed by atoms with Gasteiger partial charge in [0.25, 0.3) is 0 Å². The molecule has 2 aromatic rings. The fourth-order valence-electron chi connectivity index (χ4n) is 3.18. The molecule has 0 fully saturated rings. The molecule has 0 heterocycles. The summed E-state index contributed by atoms with van der Waals surface area (Å²) in [7, 11) is -3.83. The summed E-state index contributed by atoms with van der Waals surface area (Å²) in [4.78, 5) is 21.0. The zero-order chi connectivity index (χ0) is 20.4. The number of aryl methyl sites for hydroxylation is 3. The van der Waals surface area contributed by atoms with Gasteiger partial charge in [-0.25, -0.2) is 4.39 Å². The molecule has 0 aromatic heterocycles. The Balaban J connectivity index is 2.43. The number of rotatable bonds is 7. The molecule has 2 aromatic carbocycles. The number of aliphatic hydroxyl groups excluding tert-OH is 1. The largest absolute Gasteiger partial charge is 0.481 e. The van der Waals surface area contributed by atoms with Crippen LogP contribution < -0.4 is 0 Å². The first kappa shape index (κ1) is 21.3. The molecule has 5 nitrogen and oxygen atoms in total. The number of hydrogen-bond donors (Lipinski definition) is 3. The highest BCUT2D eigenvalue weighted by Crippen LogP contribution is 2.48. The van der Waals surface area contributed by atoms with E-state index in [-0.39, 0.29) is 12.0 Å². The molecule has 27 heavy (non-hydrogen) atoms. The van der Waals surface area contributed by atoms with Crippen LogP contribution in [0.2, 0.25) is 0 Å². The van der Waals surface area contributed by atoms with Crippen molar-refractivity contribution in [3.63, 3.8) is 0 Å². The van der Waals surface area contributed by atoms with Crippen molar-refractivity contribution >= 4 is 13.3 Å². The third-order valence-electron chi connectivity index (χ3n) is 4.40. The molecule has 0 aliphatic heterocycles. The van der Waals surface area contributed by atoms with Crippen LogP contribution in [0, 0.1) is 26.6 Å². The van der Waals surface area contributed by atoms with Gasteiger partial charge in [-0.05, 0) is 60.7 Å². The highest BCUT2D eigenvalue weighted by molar-refractivity contribution is 7.57. The van der Waals surface area contributed by atoms with Crippen molar-refractivity contribution in [1.82, 2.24) is 0 Å². The van der Waals surface area contributed by atoms with Gasteiger partial charge in [0.2, 0.25) is 7.37 Å². The van der Waals surface area contributed by atoms with Crippen molar-refractivity contribution in [2.45, 2.75) is 39.5 Å². The van der Waals surface area contributed by atoms with E-state index in [2.05, 4.69) is 0 Å². The first-order chi connectivity index (χ1) is 12.5. The fourth-order valence-corrected chi connectivity index (χ4v) is 5.01. The van der Waals surface area contributed by atoms with E-state index in [4.69, 9.17) is 5.11 Å². The molecule has 7 heteroatoms. The van der Waals surface area contributed by atoms with E-state index in [0.29, 0.717) is 11.1 Å². The second-order valence-electron chi connectivity index (χ2n) is 7.01. The number of aliphatic hydroxyl groups is 1. The summed E-state index contributed by atoms with van der Waals surface area (Å²) in [5, 5.41) is 18.5. The third kappa shape index (κ3) is 5.73. The molecule has 0 amide bonds. The van der Waals surface area contributed by atoms with Gasteiger partial charge in [0.15, 0.2) is 0 Å². The van der Waals surface area contributed by atoms with E-state index in [0.717, 1.165) is 22.3 Å². The Bertz CT molecular complexity index is 909. The number of benzene rings is 2. The van der Waals surface area contributed by atoms with E-state index in [1.807, 2.05) is 26.0 Å². The quantitative estimate of drug-likeness (QED) is 0.617. The minimum atomic E-state index is -3.83. The number of carbonyl (C=O) groups is 1. The van der Waals surface area contributed by atoms with Gasteiger partial charge in [0, 0.05) is 0 Å². The van der Waals surface area contributed by atoms with Gasteiger partial charge in [-0.3, -0.25) is 9.36 Å². The summed E-state index contributed by atoms with van der Waals surface area (Å²) < 4.78 is 26.3. The van der Waals surface area contributed by atoms with E-state index < -0.39 is 32.0 Å². The van der Waals surface area contributed by atoms with Crippen LogP contribution in [0.3, 0.4) is 0 Å². The number of carboxylic acids is 1. The second kappa shape index (κ2) is 8.34. The normalized spacial score (nSPS) is 14.6. The number of carboxylic acid groups (broad SMARTS) is 1. The Labute approximate surface area is 157 Å². The first-order valence-electron chi connectivity index (χ1n) is 8.56. The predicted molar refractivity (Wildman–Crippen MR) is 103 cm³/mol. The maximum atomic E-state index is 13.6. The topological polar surface area (TPSA) is 94.8 Å². The molecular weight excluding hydrogens is 370 g/mol. The lowest BCUT2D eigenvalue weighted by molar-refractivity contribution is -0.138. The molecule has 0 radical (unpaired) electrons. The van der Waals surface area contributed by atoms with Gasteiger partial charge >= 0.3 is 5.97 Å². The van der Waals surface area contributed by atoms with Gasteiger partial charge in [0.1, 0.15) is 5.82 Å². The highest BCUT2D eigenvalue weighted by Gasteiger charge is 2.27. The summed E-state index contributed by atoms with van der Waals surface area (Å²) in [6.07, 6.45) is -2.65. The molecule has 2 atom stereocenters. The summed E-state index contributed by atoms with van der Waals surface area (Å²) in [6.45, 7) is 5.39. The molecule has 2 rings (SSSR count). The maximum Gasteiger partial charge on any atom is 0.305 e. The van der Waals surface area contributed by atoms with Crippen molar-refractivity contribution in [1.29, 1.82) is 0 Å². The van der Waals surface area contributed by atoms with Gasteiger partial charge in [0.05, 0.1) is 24.8 Å². The van der Waals surface area contributed by atoms with Crippen molar-refractivity contribution < 1.29 is 28.9 Å². The Morgan fingerprint density at radius 2 is 1.81 bits per heavy atom. The van der Waals surface area contributed by atoms with Crippen molar-refractivity contribution in [3.05, 3.63) is 58.4 Å². The first-order valence-corrected chi connectivity index (χ1v) is 10.6. The molecule has 0 saturated heterocycles. The summed E-state index contributed by atoms with van der Waals surface area (Å²) in [5.74, 6) is -1.55. The number of hydrogen-bond acceptors (Lipinski definition) is 3. The van der Waals surface area contributed by atoms with Crippen molar-refractivity contribution in [3.8, 4) is 11.1 Å². The standard InChI is InChI=1S/C20H24FO5P/c1-12-6-13(2)18(11-27(25,26)10-16(22)9-20(23)24)17(7-12)15-4-5-19(21)14(3)8-15/h4-8,16,22H,9-11H2,1-3H3,(H,23,24)(H,25,26)/t16-/m0/s1. The lowest BCUT2D eigenvalue weighted by Gasteiger charge is -2.20. The summed E-state index contributed by atoms with van der Waals surface area (Å²) in [5.41, 5.74) is 4.36. The minimum absolute atomic E-state index is 0.193. The van der Waals surface area contributed by atoms with E-state index in [9.17, 15) is 23.7 Å². The number of halogens is 1. The Hall–Kier alpha value is -2.01. The molecule has 0 saturated carbocycles. The molecule has 0 aliphatic rings. The SMILES string of the molecule is Cc1cc(C)c(CP(=O)(O)C[C@@H](O)CC(=O)O)c(-c2ccc(F)c(C)c2)c1. The minimum Gasteiger partial charge on any atom is -0.481 e. The molecule has 0 aliphatic carbocycles. The highest BCUT2D eigenvalue weighted by atomic mass is 31.2. The Morgan fingerprint density at radius 1 is 1.15 bits per heavy atom. The lowest BCUT2D eigenvalue weighted by Crippen LogP contribution is -2.18. The van der Waals surface area contributed by atoms with Crippen LogP contribution >= 0.6 is 7.37 Å². The van der Waals surface area contributed by atoms with E-state index in [1.165, 1.54) is 6.07 Å². The fraction of sp³-hybridized carbons (Fsp3) is 0.350. The molecule has 146 valence electrons. The van der Waals surface area contributed by atoms with Gasteiger partial charge in [-0.15, -0.1) is 0 Å². The van der Waals surface area contributed by atoms with E-state index >= 15 is 0 Å². The predicted octanol–water partition coefficient (Wildman–Crippen LogP) is 4.02. The average molecular weight is 394 g/mol. The van der Waals surface area contributed by atoms with Crippen LogP contribution in [-0.4, -0.2) is 33.3 Å². The molecule has 0 bridgehead atoms. The van der Waals surface area contributed by atoms with Crippen LogP contribution in [-0.2, 0) is 15.5 Å². The molecule has 1 unspecified atom stereocenters. The Kier molecular flexibility index (Phi) is 6.58. The maximum absolute atomic E-state index is 13.6. The van der Waals surface area contributed by atoms with Crippen LogP contribution in [0.1, 0.15) is 28.7 Å². The zero-order valence-corrected chi connectivity index (χ0v) is 16.5. The van der Waals surface area contributed by atoms with Crippen molar-refractivity contribution in [2.24, 2.45) is 0 Å². The van der Waals surface area contributed by atoms with Gasteiger partial charge in [-0.1, -0.05) is 23.8 Å². The number of aliphatic carboxylic acids is 1. The average Bonchev–Trinajstić information content (AvgIpc) is 2.51. The monoisotopic (exact) mass is 394 g/mol. The zero-order valence-electron chi connectivity index (χ0n) is 15.6. The van der Waals surface area contributed by atoms with Crippen LogP contribution in [0.4, 0.5) is 4.39 Å². The summed E-state index contributed by atoms with van der Waals surface area (Å²) >= 11 is 0. The molecule has 3 N–H and O–H groups in total. The smallest absolute Gasteiger partial charge is 0.305 e. The third-order valence-corrected chi connectivity index (χ3v) is 6.20. The van der Waals surface area contributed by atoms with Gasteiger partial charge < -0.3 is 15.1 Å².